The minimum atomic E-state index is -1.12. The number of amides is 1. The van der Waals surface area contributed by atoms with Crippen molar-refractivity contribution in [3.8, 4) is 0 Å². The zero-order chi connectivity index (χ0) is 20.1. The van der Waals surface area contributed by atoms with Gasteiger partial charge < -0.3 is 19.3 Å². The first kappa shape index (κ1) is 23.5. The average molecular weight is 391 g/mol. The number of aliphatic hydroxyl groups is 1. The second-order valence-electron chi connectivity index (χ2n) is 9.12. The molecule has 154 valence electrons. The van der Waals surface area contributed by atoms with Crippen molar-refractivity contribution in [3.05, 3.63) is 0 Å². The van der Waals surface area contributed by atoms with Gasteiger partial charge in [0, 0.05) is 37.6 Å². The van der Waals surface area contributed by atoms with Gasteiger partial charge in [-0.3, -0.25) is 0 Å². The summed E-state index contributed by atoms with van der Waals surface area (Å²) in [6.45, 7) is 15.7. The van der Waals surface area contributed by atoms with Gasteiger partial charge in [0.05, 0.1) is 6.04 Å². The number of aliphatic hydroxyl groups excluding tert-OH is 1. The molecule has 1 aliphatic rings. The first-order valence-electron chi connectivity index (χ1n) is 9.64. The number of carbonyl (C=O) groups excluding carboxylic acids is 1. The molecule has 1 rings (SSSR count). The molecular formula is C19H38N2O4S. The van der Waals surface area contributed by atoms with Gasteiger partial charge in [-0.05, 0) is 73.6 Å². The molecule has 0 spiro atoms. The largest absolute Gasteiger partial charge is 0.597 e. The molecule has 1 unspecified atom stereocenters. The van der Waals surface area contributed by atoms with Crippen LogP contribution in [0.4, 0.5) is 4.79 Å². The van der Waals surface area contributed by atoms with Gasteiger partial charge in [-0.2, -0.15) is 0 Å². The van der Waals surface area contributed by atoms with Gasteiger partial charge in [0.25, 0.3) is 0 Å². The Kier molecular flexibility index (Phi) is 8.71. The van der Waals surface area contributed by atoms with Gasteiger partial charge in [0.1, 0.15) is 10.3 Å². The fourth-order valence-corrected chi connectivity index (χ4v) is 4.61. The summed E-state index contributed by atoms with van der Waals surface area (Å²) in [6.07, 6.45) is 2.11. The zero-order valence-electron chi connectivity index (χ0n) is 17.6. The molecule has 1 N–H and O–H groups in total. The van der Waals surface area contributed by atoms with Crippen LogP contribution in [0.15, 0.2) is 0 Å². The highest BCUT2D eigenvalue weighted by atomic mass is 32.2. The van der Waals surface area contributed by atoms with E-state index in [1.165, 1.54) is 0 Å². The van der Waals surface area contributed by atoms with E-state index in [1.807, 2.05) is 45.8 Å². The summed E-state index contributed by atoms with van der Waals surface area (Å²) in [4.78, 5) is 14.0. The molecule has 0 bridgehead atoms. The molecule has 1 heterocycles. The van der Waals surface area contributed by atoms with Crippen LogP contribution in [0.25, 0.3) is 0 Å². The fourth-order valence-electron chi connectivity index (χ4n) is 3.14. The van der Waals surface area contributed by atoms with Gasteiger partial charge >= 0.3 is 6.09 Å². The van der Waals surface area contributed by atoms with Crippen LogP contribution in [0.3, 0.4) is 0 Å². The third-order valence-electron chi connectivity index (χ3n) is 4.60. The lowest BCUT2D eigenvalue weighted by Crippen LogP contribution is -2.52. The van der Waals surface area contributed by atoms with E-state index in [-0.39, 0.29) is 23.5 Å². The van der Waals surface area contributed by atoms with E-state index >= 15 is 0 Å². The topological polar surface area (TPSA) is 76.1 Å². The summed E-state index contributed by atoms with van der Waals surface area (Å²) in [5.41, 5.74) is -0.480. The van der Waals surface area contributed by atoms with E-state index in [0.717, 1.165) is 12.8 Å². The smallest absolute Gasteiger partial charge is 0.410 e. The molecule has 2 atom stereocenters. The van der Waals surface area contributed by atoms with Crippen molar-refractivity contribution in [2.75, 3.05) is 26.2 Å². The molecule has 0 radical (unpaired) electrons. The Bertz CT molecular complexity index is 440. The summed E-state index contributed by atoms with van der Waals surface area (Å²) in [7, 11) is 0. The second-order valence-corrected chi connectivity index (χ2v) is 11.3. The number of likely N-dealkylation sites (tertiary alicyclic amines) is 1. The number of hydrogen-bond acceptors (Lipinski definition) is 5. The van der Waals surface area contributed by atoms with Crippen molar-refractivity contribution in [2.45, 2.75) is 84.1 Å². The summed E-state index contributed by atoms with van der Waals surface area (Å²) >= 11 is -1.12. The predicted molar refractivity (Wildman–Crippen MR) is 106 cm³/mol. The second kappa shape index (κ2) is 9.62. The third-order valence-corrected chi connectivity index (χ3v) is 6.59. The van der Waals surface area contributed by atoms with Crippen LogP contribution in [0.1, 0.15) is 67.7 Å². The average Bonchev–Trinajstić information content (AvgIpc) is 2.52. The molecular weight excluding hydrogens is 352 g/mol. The number of ether oxygens (including phenoxy) is 1. The van der Waals surface area contributed by atoms with Crippen LogP contribution in [0.5, 0.6) is 0 Å². The maximum absolute atomic E-state index is 13.0. The lowest BCUT2D eigenvalue weighted by molar-refractivity contribution is 0.0156. The first-order chi connectivity index (χ1) is 11.9. The Balaban J connectivity index is 2.68. The van der Waals surface area contributed by atoms with E-state index in [0.29, 0.717) is 32.0 Å². The molecule has 1 saturated heterocycles. The number of carbonyl (C=O) groups is 1. The molecule has 1 aliphatic heterocycles. The molecule has 1 fully saturated rings. The summed E-state index contributed by atoms with van der Waals surface area (Å²) < 4.78 is 20.1. The maximum atomic E-state index is 13.0. The van der Waals surface area contributed by atoms with E-state index in [9.17, 15) is 14.5 Å². The van der Waals surface area contributed by atoms with Gasteiger partial charge in [0.2, 0.25) is 0 Å². The van der Waals surface area contributed by atoms with Crippen molar-refractivity contribution in [1.29, 1.82) is 0 Å². The quantitative estimate of drug-likeness (QED) is 0.705. The van der Waals surface area contributed by atoms with Crippen molar-refractivity contribution in [2.24, 2.45) is 5.92 Å². The van der Waals surface area contributed by atoms with Crippen molar-refractivity contribution >= 4 is 17.5 Å². The summed E-state index contributed by atoms with van der Waals surface area (Å²) in [5.74, 6) is 0.374. The molecule has 0 aromatic rings. The number of nitrogens with zero attached hydrogens (tertiary/aromatic N) is 2. The normalized spacial score (nSPS) is 19.5. The molecule has 0 aromatic heterocycles. The summed E-state index contributed by atoms with van der Waals surface area (Å²) in [6, 6.07) is 0.141. The van der Waals surface area contributed by atoms with Crippen LogP contribution < -0.4 is 0 Å². The van der Waals surface area contributed by atoms with Crippen LogP contribution in [-0.2, 0) is 16.1 Å². The van der Waals surface area contributed by atoms with Crippen molar-refractivity contribution < 1.29 is 19.2 Å². The van der Waals surface area contributed by atoms with Crippen LogP contribution in [0.2, 0.25) is 0 Å². The van der Waals surface area contributed by atoms with Gasteiger partial charge in [0.15, 0.2) is 0 Å². The van der Waals surface area contributed by atoms with Crippen molar-refractivity contribution in [3.63, 3.8) is 0 Å². The van der Waals surface area contributed by atoms with Crippen LogP contribution in [0, 0.1) is 5.92 Å². The Morgan fingerprint density at radius 2 is 1.81 bits per heavy atom. The molecule has 1 amide bonds. The Morgan fingerprint density at radius 3 is 2.23 bits per heavy atom. The maximum Gasteiger partial charge on any atom is 0.410 e. The minimum absolute atomic E-state index is 0.0989. The lowest BCUT2D eigenvalue weighted by Gasteiger charge is -2.41. The lowest BCUT2D eigenvalue weighted by atomic mass is 9.90. The summed E-state index contributed by atoms with van der Waals surface area (Å²) in [5, 5.41) is 9.20. The standard InChI is InChI=1S/C19H38N2O4S/c1-15(21(11-8-14-22)26(24)19(5,6)7)16-9-12-20(13-10-16)17(23)25-18(2,3)4/h15-16,22H,8-14H2,1-7H3/t15-,26?/m0/s1. The first-order valence-corrected chi connectivity index (χ1v) is 10.7. The minimum Gasteiger partial charge on any atom is -0.597 e. The zero-order valence-corrected chi connectivity index (χ0v) is 18.4. The molecule has 0 aliphatic carbocycles. The van der Waals surface area contributed by atoms with E-state index in [4.69, 9.17) is 4.74 Å². The Hall–Kier alpha value is -0.500. The van der Waals surface area contributed by atoms with E-state index in [2.05, 4.69) is 6.92 Å². The van der Waals surface area contributed by atoms with E-state index < -0.39 is 17.0 Å². The molecule has 0 saturated carbocycles. The Morgan fingerprint density at radius 1 is 1.27 bits per heavy atom. The van der Waals surface area contributed by atoms with Crippen LogP contribution in [-0.4, -0.2) is 67.6 Å². The van der Waals surface area contributed by atoms with Gasteiger partial charge in [-0.1, -0.05) is 0 Å². The van der Waals surface area contributed by atoms with E-state index in [1.54, 1.807) is 4.90 Å². The highest BCUT2D eigenvalue weighted by Crippen LogP contribution is 2.30. The highest BCUT2D eigenvalue weighted by molar-refractivity contribution is 7.90. The van der Waals surface area contributed by atoms with Gasteiger partial charge in [-0.15, -0.1) is 4.31 Å². The highest BCUT2D eigenvalue weighted by Gasteiger charge is 2.39. The van der Waals surface area contributed by atoms with Gasteiger partial charge in [-0.25, -0.2) is 4.79 Å². The predicted octanol–water partition coefficient (Wildman–Crippen LogP) is 3.17. The molecule has 0 aromatic carbocycles. The molecule has 7 heteroatoms. The third kappa shape index (κ3) is 7.25. The van der Waals surface area contributed by atoms with Crippen molar-refractivity contribution in [1.82, 2.24) is 9.21 Å². The van der Waals surface area contributed by atoms with Crippen LogP contribution >= 0.6 is 0 Å². The fraction of sp³-hybridized carbons (Fsp3) is 0.947. The monoisotopic (exact) mass is 390 g/mol. The SMILES string of the molecule is C[C@@H](C1CCN(C(=O)OC(C)(C)C)CC1)N(CCCO)[S+]([O-])C(C)(C)C. The molecule has 6 nitrogen and oxygen atoms in total. The number of piperidine rings is 1. The number of rotatable bonds is 6. The number of hydrogen-bond donors (Lipinski definition) is 1. The Labute approximate surface area is 162 Å². The molecule has 26 heavy (non-hydrogen) atoms.